The number of hydrogen-bond donors (Lipinski definition) is 1. The number of hydrogen-bond acceptors (Lipinski definition) is 6. The maximum absolute atomic E-state index is 11.8. The number of rotatable bonds is 15. The Morgan fingerprint density at radius 1 is 0.957 bits per heavy atom. The van der Waals surface area contributed by atoms with Gasteiger partial charge in [-0.25, -0.2) is 0 Å². The minimum Gasteiger partial charge on any atom is -0.380 e. The molecule has 0 aliphatic rings. The maximum atomic E-state index is 11.8. The third-order valence-electron chi connectivity index (χ3n) is 3.18. The summed E-state index contributed by atoms with van der Waals surface area (Å²) in [7, 11) is 0. The topological polar surface area (TPSA) is 89.2 Å². The fourth-order valence-electron chi connectivity index (χ4n) is 1.80. The molecule has 1 amide bonds. The highest BCUT2D eigenvalue weighted by atomic mass is 16.7. The van der Waals surface area contributed by atoms with Gasteiger partial charge in [-0.05, 0) is 34.6 Å². The highest BCUT2D eigenvalue weighted by molar-refractivity contribution is 5.81. The monoisotopic (exact) mass is 335 g/mol. The first-order valence-electron chi connectivity index (χ1n) is 8.18. The molecular formula is C16H33NO6. The molecule has 0 fully saturated rings. The zero-order valence-corrected chi connectivity index (χ0v) is 15.1. The summed E-state index contributed by atoms with van der Waals surface area (Å²) < 4.78 is 27.4. The maximum Gasteiger partial charge on any atom is 0.230 e. The van der Waals surface area contributed by atoms with Crippen LogP contribution >= 0.6 is 0 Å². The lowest BCUT2D eigenvalue weighted by Crippen LogP contribution is -2.50. The highest BCUT2D eigenvalue weighted by Gasteiger charge is 2.42. The van der Waals surface area contributed by atoms with E-state index in [-0.39, 0.29) is 12.7 Å². The smallest absolute Gasteiger partial charge is 0.230 e. The fourth-order valence-corrected chi connectivity index (χ4v) is 1.80. The molecule has 0 radical (unpaired) electrons. The Hall–Kier alpha value is -0.730. The summed E-state index contributed by atoms with van der Waals surface area (Å²) in [5, 5.41) is 0. The van der Waals surface area contributed by atoms with Gasteiger partial charge in [0.1, 0.15) is 5.41 Å². The Labute approximate surface area is 139 Å². The van der Waals surface area contributed by atoms with Gasteiger partial charge in [-0.1, -0.05) is 0 Å². The van der Waals surface area contributed by atoms with E-state index in [1.165, 1.54) is 0 Å². The summed E-state index contributed by atoms with van der Waals surface area (Å²) in [5.74, 6) is -0.518. The SMILES string of the molecule is CCOCC(C)(C(N)=O)C(OCC)OCCOCCOC(C)C. The molecule has 0 aliphatic carbocycles. The second-order valence-electron chi connectivity index (χ2n) is 5.61. The standard InChI is InChI=1S/C16H33NO6/c1-6-19-12-16(5,14(17)18)15(21-7-2)23-11-9-20-8-10-22-13(3)4/h13,15H,6-12H2,1-5H3,(H2,17,18). The minimum absolute atomic E-state index is 0.145. The van der Waals surface area contributed by atoms with Crippen molar-refractivity contribution < 1.29 is 28.5 Å². The second-order valence-corrected chi connectivity index (χ2v) is 5.61. The van der Waals surface area contributed by atoms with E-state index < -0.39 is 17.6 Å². The van der Waals surface area contributed by atoms with Gasteiger partial charge < -0.3 is 29.4 Å². The first-order valence-corrected chi connectivity index (χ1v) is 8.18. The summed E-state index contributed by atoms with van der Waals surface area (Å²) >= 11 is 0. The predicted octanol–water partition coefficient (Wildman–Crippen LogP) is 1.34. The highest BCUT2D eigenvalue weighted by Crippen LogP contribution is 2.25. The first kappa shape index (κ1) is 22.3. The van der Waals surface area contributed by atoms with E-state index in [1.807, 2.05) is 27.7 Å². The largest absolute Gasteiger partial charge is 0.380 e. The number of ether oxygens (including phenoxy) is 5. The molecule has 0 spiro atoms. The lowest BCUT2D eigenvalue weighted by Gasteiger charge is -2.33. The van der Waals surface area contributed by atoms with Gasteiger partial charge in [-0.2, -0.15) is 0 Å². The van der Waals surface area contributed by atoms with Crippen LogP contribution in [-0.2, 0) is 28.5 Å². The van der Waals surface area contributed by atoms with Crippen molar-refractivity contribution in [3.05, 3.63) is 0 Å². The summed E-state index contributed by atoms with van der Waals surface area (Å²) in [4.78, 5) is 11.8. The number of nitrogens with two attached hydrogens (primary N) is 1. The number of carbonyl (C=O) groups is 1. The number of primary amides is 1. The Morgan fingerprint density at radius 3 is 2.04 bits per heavy atom. The number of carbonyl (C=O) groups excluding carboxylic acids is 1. The molecule has 23 heavy (non-hydrogen) atoms. The van der Waals surface area contributed by atoms with Gasteiger partial charge >= 0.3 is 0 Å². The molecule has 0 bridgehead atoms. The molecule has 2 unspecified atom stereocenters. The van der Waals surface area contributed by atoms with Crippen LogP contribution in [0.5, 0.6) is 0 Å². The normalized spacial score (nSPS) is 15.6. The molecule has 0 aromatic heterocycles. The molecule has 2 atom stereocenters. The van der Waals surface area contributed by atoms with Crippen LogP contribution in [0.2, 0.25) is 0 Å². The molecule has 0 rings (SSSR count). The quantitative estimate of drug-likeness (QED) is 0.359. The van der Waals surface area contributed by atoms with Crippen LogP contribution in [0.3, 0.4) is 0 Å². The van der Waals surface area contributed by atoms with Gasteiger partial charge in [0, 0.05) is 13.2 Å². The van der Waals surface area contributed by atoms with Crippen molar-refractivity contribution in [2.75, 3.05) is 46.2 Å². The third-order valence-corrected chi connectivity index (χ3v) is 3.18. The van der Waals surface area contributed by atoms with Gasteiger partial charge in [0.15, 0.2) is 6.29 Å². The van der Waals surface area contributed by atoms with E-state index >= 15 is 0 Å². The number of amides is 1. The van der Waals surface area contributed by atoms with Crippen molar-refractivity contribution in [3.8, 4) is 0 Å². The molecule has 0 saturated carbocycles. The summed E-state index contributed by atoms with van der Waals surface area (Å²) in [5.41, 5.74) is 4.47. The molecule has 7 heteroatoms. The van der Waals surface area contributed by atoms with Crippen LogP contribution in [0.1, 0.15) is 34.6 Å². The average Bonchev–Trinajstić information content (AvgIpc) is 2.50. The van der Waals surface area contributed by atoms with Crippen molar-refractivity contribution in [2.24, 2.45) is 11.1 Å². The molecular weight excluding hydrogens is 302 g/mol. The first-order chi connectivity index (χ1) is 10.9. The van der Waals surface area contributed by atoms with Crippen LogP contribution in [0.25, 0.3) is 0 Å². The molecule has 2 N–H and O–H groups in total. The fraction of sp³-hybridized carbons (Fsp3) is 0.938. The van der Waals surface area contributed by atoms with Gasteiger partial charge in [-0.15, -0.1) is 0 Å². The molecule has 0 aromatic carbocycles. The van der Waals surface area contributed by atoms with Gasteiger partial charge in [0.2, 0.25) is 5.91 Å². The Balaban J connectivity index is 4.29. The average molecular weight is 335 g/mol. The molecule has 0 aliphatic heterocycles. The van der Waals surface area contributed by atoms with E-state index in [4.69, 9.17) is 29.4 Å². The van der Waals surface area contributed by atoms with Crippen molar-refractivity contribution in [1.29, 1.82) is 0 Å². The molecule has 0 aromatic rings. The second kappa shape index (κ2) is 12.7. The minimum atomic E-state index is -1.05. The summed E-state index contributed by atoms with van der Waals surface area (Å²) in [6, 6.07) is 0. The molecule has 0 heterocycles. The third kappa shape index (κ3) is 9.22. The van der Waals surface area contributed by atoms with E-state index in [9.17, 15) is 4.79 Å². The molecule has 7 nitrogen and oxygen atoms in total. The Kier molecular flexibility index (Phi) is 12.3. The van der Waals surface area contributed by atoms with E-state index in [0.717, 1.165) is 0 Å². The predicted molar refractivity (Wildman–Crippen MR) is 87.1 cm³/mol. The zero-order valence-electron chi connectivity index (χ0n) is 15.1. The van der Waals surface area contributed by atoms with Crippen molar-refractivity contribution in [2.45, 2.75) is 47.0 Å². The van der Waals surface area contributed by atoms with Crippen LogP contribution in [0, 0.1) is 5.41 Å². The Bertz CT molecular complexity index is 313. The van der Waals surface area contributed by atoms with Crippen molar-refractivity contribution in [1.82, 2.24) is 0 Å². The molecule has 0 saturated heterocycles. The van der Waals surface area contributed by atoms with Gasteiger partial charge in [0.25, 0.3) is 0 Å². The van der Waals surface area contributed by atoms with Gasteiger partial charge in [-0.3, -0.25) is 4.79 Å². The van der Waals surface area contributed by atoms with Crippen LogP contribution in [0.15, 0.2) is 0 Å². The van der Waals surface area contributed by atoms with Crippen LogP contribution < -0.4 is 5.73 Å². The summed E-state index contributed by atoms with van der Waals surface area (Å²) in [6.07, 6.45) is -0.584. The van der Waals surface area contributed by atoms with E-state index in [0.29, 0.717) is 39.6 Å². The van der Waals surface area contributed by atoms with Crippen molar-refractivity contribution >= 4 is 5.91 Å². The van der Waals surface area contributed by atoms with Gasteiger partial charge in [0.05, 0.1) is 39.1 Å². The lowest BCUT2D eigenvalue weighted by molar-refractivity contribution is -0.216. The van der Waals surface area contributed by atoms with Crippen molar-refractivity contribution in [3.63, 3.8) is 0 Å². The summed E-state index contributed by atoms with van der Waals surface area (Å²) in [6.45, 7) is 12.1. The van der Waals surface area contributed by atoms with E-state index in [2.05, 4.69) is 0 Å². The molecule has 138 valence electrons. The Morgan fingerprint density at radius 2 is 1.57 bits per heavy atom. The van der Waals surface area contributed by atoms with Crippen LogP contribution in [-0.4, -0.2) is 64.5 Å². The van der Waals surface area contributed by atoms with E-state index in [1.54, 1.807) is 6.92 Å². The van der Waals surface area contributed by atoms with Crippen LogP contribution in [0.4, 0.5) is 0 Å². The zero-order chi connectivity index (χ0) is 17.7. The lowest BCUT2D eigenvalue weighted by atomic mass is 9.90.